The van der Waals surface area contributed by atoms with E-state index in [1.54, 1.807) is 7.11 Å². The lowest BCUT2D eigenvalue weighted by Gasteiger charge is -2.30. The number of likely N-dealkylation sites (tertiary alicyclic amines) is 1. The summed E-state index contributed by atoms with van der Waals surface area (Å²) in [5.41, 5.74) is 6.84. The van der Waals surface area contributed by atoms with Gasteiger partial charge in [0.05, 0.1) is 18.0 Å². The predicted octanol–water partition coefficient (Wildman–Crippen LogP) is 1.95. The van der Waals surface area contributed by atoms with E-state index >= 15 is 0 Å². The number of nitrogens with two attached hydrogens (primary N) is 1. The number of carbonyl (C=O) groups excluding carboxylic acids is 1. The van der Waals surface area contributed by atoms with E-state index in [2.05, 4.69) is 15.9 Å². The number of piperidine rings is 1. The van der Waals surface area contributed by atoms with Crippen molar-refractivity contribution in [3.05, 3.63) is 28.2 Å². The fourth-order valence-corrected chi connectivity index (χ4v) is 2.84. The lowest BCUT2D eigenvalue weighted by atomic mass is 10.0. The van der Waals surface area contributed by atoms with Crippen LogP contribution in [-0.2, 0) is 11.2 Å². The Morgan fingerprint density at radius 2 is 2.16 bits per heavy atom. The third kappa shape index (κ3) is 3.70. The quantitative estimate of drug-likeness (QED) is 0.923. The molecule has 1 saturated heterocycles. The van der Waals surface area contributed by atoms with E-state index in [-0.39, 0.29) is 11.9 Å². The van der Waals surface area contributed by atoms with Gasteiger partial charge in [-0.3, -0.25) is 4.79 Å². The number of hydrogen-bond donors (Lipinski definition) is 1. The summed E-state index contributed by atoms with van der Waals surface area (Å²) in [6.45, 7) is 1.55. The molecule has 4 nitrogen and oxygen atoms in total. The first-order chi connectivity index (χ1) is 9.10. The summed E-state index contributed by atoms with van der Waals surface area (Å²) in [4.78, 5) is 14.1. The second kappa shape index (κ2) is 6.39. The minimum atomic E-state index is 0.170. The summed E-state index contributed by atoms with van der Waals surface area (Å²) < 4.78 is 6.05. The Kier molecular flexibility index (Phi) is 4.82. The van der Waals surface area contributed by atoms with Crippen LogP contribution >= 0.6 is 15.9 Å². The van der Waals surface area contributed by atoms with Crippen LogP contribution in [-0.4, -0.2) is 37.0 Å². The molecule has 0 unspecified atom stereocenters. The molecule has 0 saturated carbocycles. The molecule has 0 radical (unpaired) electrons. The van der Waals surface area contributed by atoms with Gasteiger partial charge in [0.1, 0.15) is 5.75 Å². The van der Waals surface area contributed by atoms with Crippen molar-refractivity contribution in [2.24, 2.45) is 5.73 Å². The van der Waals surface area contributed by atoms with Gasteiger partial charge in [0, 0.05) is 19.1 Å². The zero-order valence-electron chi connectivity index (χ0n) is 11.1. The van der Waals surface area contributed by atoms with Gasteiger partial charge in [0.2, 0.25) is 5.91 Å². The van der Waals surface area contributed by atoms with Crippen LogP contribution in [0.1, 0.15) is 18.4 Å². The van der Waals surface area contributed by atoms with Crippen molar-refractivity contribution in [1.29, 1.82) is 0 Å². The fraction of sp³-hybridized carbons (Fsp3) is 0.500. The third-order valence-corrected chi connectivity index (χ3v) is 4.08. The van der Waals surface area contributed by atoms with Gasteiger partial charge in [0.25, 0.3) is 0 Å². The van der Waals surface area contributed by atoms with E-state index in [0.29, 0.717) is 6.42 Å². The van der Waals surface area contributed by atoms with Gasteiger partial charge in [-0.2, -0.15) is 0 Å². The molecular formula is C14H19BrN2O2. The third-order valence-electron chi connectivity index (χ3n) is 3.46. The molecular weight excluding hydrogens is 308 g/mol. The van der Waals surface area contributed by atoms with Crippen molar-refractivity contribution >= 4 is 21.8 Å². The molecule has 1 amide bonds. The number of methoxy groups -OCH3 is 1. The maximum Gasteiger partial charge on any atom is 0.226 e. The second-order valence-corrected chi connectivity index (χ2v) is 5.72. The minimum absolute atomic E-state index is 0.170. The largest absolute Gasteiger partial charge is 0.496 e. The summed E-state index contributed by atoms with van der Waals surface area (Å²) in [6.07, 6.45) is 2.23. The van der Waals surface area contributed by atoms with Gasteiger partial charge < -0.3 is 15.4 Å². The van der Waals surface area contributed by atoms with Crippen LogP contribution in [0.4, 0.5) is 0 Å². The Balaban J connectivity index is 1.97. The molecule has 1 heterocycles. The van der Waals surface area contributed by atoms with Crippen molar-refractivity contribution < 1.29 is 9.53 Å². The monoisotopic (exact) mass is 326 g/mol. The maximum absolute atomic E-state index is 12.2. The van der Waals surface area contributed by atoms with Gasteiger partial charge in [0.15, 0.2) is 0 Å². The Morgan fingerprint density at radius 3 is 2.74 bits per heavy atom. The lowest BCUT2D eigenvalue weighted by Crippen LogP contribution is -2.43. The van der Waals surface area contributed by atoms with Gasteiger partial charge in [-0.1, -0.05) is 6.07 Å². The molecule has 2 rings (SSSR count). The average Bonchev–Trinajstić information content (AvgIpc) is 2.39. The number of hydrogen-bond acceptors (Lipinski definition) is 3. The first-order valence-corrected chi connectivity index (χ1v) is 7.25. The molecule has 0 spiro atoms. The van der Waals surface area contributed by atoms with E-state index in [0.717, 1.165) is 41.7 Å². The highest BCUT2D eigenvalue weighted by molar-refractivity contribution is 9.10. The van der Waals surface area contributed by atoms with Crippen molar-refractivity contribution in [2.75, 3.05) is 20.2 Å². The van der Waals surface area contributed by atoms with Gasteiger partial charge in [-0.05, 0) is 46.5 Å². The molecule has 19 heavy (non-hydrogen) atoms. The molecule has 2 N–H and O–H groups in total. The average molecular weight is 327 g/mol. The van der Waals surface area contributed by atoms with E-state index in [9.17, 15) is 4.79 Å². The van der Waals surface area contributed by atoms with Crippen molar-refractivity contribution in [2.45, 2.75) is 25.3 Å². The Morgan fingerprint density at radius 1 is 1.47 bits per heavy atom. The van der Waals surface area contributed by atoms with E-state index in [1.165, 1.54) is 0 Å². The lowest BCUT2D eigenvalue weighted by molar-refractivity contribution is -0.131. The van der Waals surface area contributed by atoms with Crippen LogP contribution in [0.15, 0.2) is 22.7 Å². The summed E-state index contributed by atoms with van der Waals surface area (Å²) in [5.74, 6) is 0.948. The van der Waals surface area contributed by atoms with Crippen LogP contribution in [0.2, 0.25) is 0 Å². The Labute approximate surface area is 122 Å². The van der Waals surface area contributed by atoms with Gasteiger partial charge in [-0.15, -0.1) is 0 Å². The number of benzene rings is 1. The summed E-state index contributed by atoms with van der Waals surface area (Å²) >= 11 is 3.43. The molecule has 1 aromatic carbocycles. The number of nitrogens with zero attached hydrogens (tertiary/aromatic N) is 1. The molecule has 0 aliphatic carbocycles. The van der Waals surface area contributed by atoms with Crippen LogP contribution < -0.4 is 10.5 Å². The number of amides is 1. The molecule has 0 aromatic heterocycles. The predicted molar refractivity (Wildman–Crippen MR) is 78.2 cm³/mol. The fourth-order valence-electron chi connectivity index (χ4n) is 2.26. The molecule has 1 aliphatic heterocycles. The summed E-state index contributed by atoms with van der Waals surface area (Å²) in [7, 11) is 1.63. The first kappa shape index (κ1) is 14.3. The van der Waals surface area contributed by atoms with Gasteiger partial charge in [-0.25, -0.2) is 0 Å². The standard InChI is InChI=1S/C14H19BrN2O2/c1-19-13-3-2-10(8-12(13)15)9-14(18)17-6-4-11(16)5-7-17/h2-3,8,11H,4-7,9,16H2,1H3. The van der Waals surface area contributed by atoms with Crippen molar-refractivity contribution in [3.8, 4) is 5.75 Å². The zero-order chi connectivity index (χ0) is 13.8. The van der Waals surface area contributed by atoms with Crippen LogP contribution in [0, 0.1) is 0 Å². The molecule has 1 aromatic rings. The van der Waals surface area contributed by atoms with Crippen molar-refractivity contribution in [3.63, 3.8) is 0 Å². The Hall–Kier alpha value is -1.07. The number of ether oxygens (including phenoxy) is 1. The number of halogens is 1. The second-order valence-electron chi connectivity index (χ2n) is 4.86. The smallest absolute Gasteiger partial charge is 0.226 e. The highest BCUT2D eigenvalue weighted by Crippen LogP contribution is 2.26. The highest BCUT2D eigenvalue weighted by atomic mass is 79.9. The summed E-state index contributed by atoms with van der Waals surface area (Å²) in [5, 5.41) is 0. The van der Waals surface area contributed by atoms with Crippen LogP contribution in [0.25, 0.3) is 0 Å². The normalized spacial score (nSPS) is 16.5. The van der Waals surface area contributed by atoms with Crippen LogP contribution in [0.5, 0.6) is 5.75 Å². The van der Waals surface area contributed by atoms with Gasteiger partial charge >= 0.3 is 0 Å². The maximum atomic E-state index is 12.2. The van der Waals surface area contributed by atoms with E-state index in [4.69, 9.17) is 10.5 Å². The van der Waals surface area contributed by atoms with Crippen LogP contribution in [0.3, 0.4) is 0 Å². The summed E-state index contributed by atoms with van der Waals surface area (Å²) in [6, 6.07) is 5.99. The molecule has 0 atom stereocenters. The molecule has 5 heteroatoms. The Bertz CT molecular complexity index is 457. The highest BCUT2D eigenvalue weighted by Gasteiger charge is 2.20. The first-order valence-electron chi connectivity index (χ1n) is 6.46. The topological polar surface area (TPSA) is 55.6 Å². The SMILES string of the molecule is COc1ccc(CC(=O)N2CCC(N)CC2)cc1Br. The molecule has 0 bridgehead atoms. The number of rotatable bonds is 3. The van der Waals surface area contributed by atoms with E-state index < -0.39 is 0 Å². The van der Waals surface area contributed by atoms with Crippen molar-refractivity contribution in [1.82, 2.24) is 4.90 Å². The van der Waals surface area contributed by atoms with E-state index in [1.807, 2.05) is 23.1 Å². The number of carbonyl (C=O) groups is 1. The molecule has 1 fully saturated rings. The zero-order valence-corrected chi connectivity index (χ0v) is 12.6. The molecule has 1 aliphatic rings. The minimum Gasteiger partial charge on any atom is -0.496 e. The molecule has 104 valence electrons.